The maximum Gasteiger partial charge on any atom is 0.326 e. The van der Waals surface area contributed by atoms with E-state index < -0.39 is 89.5 Å². The van der Waals surface area contributed by atoms with Crippen molar-refractivity contribution in [1.82, 2.24) is 26.2 Å². The summed E-state index contributed by atoms with van der Waals surface area (Å²) in [6.45, 7) is 1.43. The molecule has 1 aliphatic heterocycles. The van der Waals surface area contributed by atoms with Gasteiger partial charge in [0.1, 0.15) is 36.0 Å². The van der Waals surface area contributed by atoms with Crippen LogP contribution in [0, 0.1) is 0 Å². The molecule has 6 atom stereocenters. The van der Waals surface area contributed by atoms with Crippen molar-refractivity contribution >= 4 is 53.2 Å². The van der Waals surface area contributed by atoms with Crippen molar-refractivity contribution in [3.05, 3.63) is 29.8 Å². The number of nitrogens with one attached hydrogen (secondary N) is 4. The number of carbonyl (C=O) groups is 9. The van der Waals surface area contributed by atoms with E-state index >= 15 is 0 Å². The number of benzene rings is 1. The first-order chi connectivity index (χ1) is 24.4. The number of amides is 8. The molecule has 20 heteroatoms. The van der Waals surface area contributed by atoms with E-state index in [4.69, 9.17) is 22.9 Å². The molecule has 1 aromatic carbocycles. The molecule has 0 spiro atoms. The van der Waals surface area contributed by atoms with Crippen molar-refractivity contribution in [2.45, 2.75) is 101 Å². The third-order valence-corrected chi connectivity index (χ3v) is 8.23. The van der Waals surface area contributed by atoms with Crippen LogP contribution in [0.2, 0.25) is 0 Å². The molecule has 0 bridgehead atoms. The lowest BCUT2D eigenvalue weighted by Gasteiger charge is -2.29. The van der Waals surface area contributed by atoms with E-state index in [1.165, 1.54) is 36.1 Å². The molecule has 286 valence electrons. The Hall–Kier alpha value is -5.79. The summed E-state index contributed by atoms with van der Waals surface area (Å²) in [4.78, 5) is 113. The first-order valence-electron chi connectivity index (χ1n) is 16.5. The number of carboxylic acids is 1. The predicted octanol–water partition coefficient (Wildman–Crippen LogP) is -3.91. The van der Waals surface area contributed by atoms with E-state index in [9.17, 15) is 53.4 Å². The minimum atomic E-state index is -1.49. The van der Waals surface area contributed by atoms with Crippen LogP contribution in [0.1, 0.15) is 63.9 Å². The van der Waals surface area contributed by atoms with E-state index in [1.54, 1.807) is 0 Å². The van der Waals surface area contributed by atoms with E-state index in [2.05, 4.69) is 21.3 Å². The van der Waals surface area contributed by atoms with Gasteiger partial charge in [0.05, 0.1) is 6.04 Å². The van der Waals surface area contributed by atoms with Crippen LogP contribution in [-0.4, -0.2) is 111 Å². The standard InChI is InChI=1S/C32H47N9O11/c1-16(27(46)39-21(32(51)52)10-13-26(36)45)37-29(48)22(15-17-4-6-18(42)7-5-17)40-28(47)20(9-12-25(35)44)38-30(49)23-3-2-14-41(23)31(50)19(33)8-11-24(34)43/h4-7,16,19-23,42H,2-3,8-15,33H2,1H3,(H2,34,43)(H2,35,44)(H2,36,45)(H,37,48)(H,38,49)(H,39,46)(H,40,47)(H,51,52)/t16-,19-,20-,21-,22-,23-/m0/s1. The molecule has 1 aliphatic rings. The second-order valence-electron chi connectivity index (χ2n) is 12.4. The van der Waals surface area contributed by atoms with Crippen molar-refractivity contribution in [3.63, 3.8) is 0 Å². The maximum atomic E-state index is 13.7. The summed E-state index contributed by atoms with van der Waals surface area (Å²) in [7, 11) is 0. The van der Waals surface area contributed by atoms with Gasteiger partial charge in [-0.2, -0.15) is 0 Å². The van der Waals surface area contributed by atoms with E-state index in [0.717, 1.165) is 0 Å². The fourth-order valence-electron chi connectivity index (χ4n) is 5.33. The van der Waals surface area contributed by atoms with E-state index in [0.29, 0.717) is 12.0 Å². The van der Waals surface area contributed by atoms with Crippen LogP contribution in [0.3, 0.4) is 0 Å². The number of aliphatic carboxylic acids is 1. The van der Waals surface area contributed by atoms with Gasteiger partial charge in [-0.1, -0.05) is 12.1 Å². The Labute approximate surface area is 298 Å². The highest BCUT2D eigenvalue weighted by Crippen LogP contribution is 2.20. The lowest BCUT2D eigenvalue weighted by molar-refractivity contribution is -0.142. The Bertz CT molecular complexity index is 1500. The molecule has 1 saturated heterocycles. The van der Waals surface area contributed by atoms with Gasteiger partial charge in [0.15, 0.2) is 0 Å². The Morgan fingerprint density at radius 1 is 0.750 bits per heavy atom. The molecule has 8 amide bonds. The summed E-state index contributed by atoms with van der Waals surface area (Å²) < 4.78 is 0. The molecule has 0 unspecified atom stereocenters. The Kier molecular flexibility index (Phi) is 16.4. The van der Waals surface area contributed by atoms with Crippen LogP contribution in [0.4, 0.5) is 0 Å². The monoisotopic (exact) mass is 733 g/mol. The fraction of sp³-hybridized carbons (Fsp3) is 0.531. The number of carbonyl (C=O) groups excluding carboxylic acids is 8. The Morgan fingerprint density at radius 2 is 1.27 bits per heavy atom. The molecule has 1 fully saturated rings. The third kappa shape index (κ3) is 13.8. The summed E-state index contributed by atoms with van der Waals surface area (Å²) in [6, 6.07) is -2.20. The van der Waals surface area contributed by atoms with Gasteiger partial charge in [0.25, 0.3) is 0 Å². The summed E-state index contributed by atoms with van der Waals surface area (Å²) in [5.41, 5.74) is 21.9. The quantitative estimate of drug-likeness (QED) is 0.0580. The summed E-state index contributed by atoms with van der Waals surface area (Å²) in [6.07, 6.45) is -0.984. The van der Waals surface area contributed by atoms with Gasteiger partial charge in [0, 0.05) is 32.2 Å². The normalized spacial score (nSPS) is 16.7. The second kappa shape index (κ2) is 20.2. The molecule has 0 aliphatic carbocycles. The van der Waals surface area contributed by atoms with Crippen LogP contribution < -0.4 is 44.2 Å². The first kappa shape index (κ1) is 42.4. The average Bonchev–Trinajstić information content (AvgIpc) is 3.57. The number of phenolic OH excluding ortho intramolecular Hbond substituents is 1. The Balaban J connectivity index is 2.27. The number of phenols is 1. The molecule has 0 aromatic heterocycles. The van der Waals surface area contributed by atoms with Gasteiger partial charge in [-0.15, -0.1) is 0 Å². The number of hydrogen-bond acceptors (Lipinski definition) is 11. The van der Waals surface area contributed by atoms with Crippen LogP contribution in [0.25, 0.3) is 0 Å². The lowest BCUT2D eigenvalue weighted by atomic mass is 10.0. The summed E-state index contributed by atoms with van der Waals surface area (Å²) in [5.74, 6) is -7.82. The molecule has 20 nitrogen and oxygen atoms in total. The molecular formula is C32H47N9O11. The van der Waals surface area contributed by atoms with Gasteiger partial charge >= 0.3 is 5.97 Å². The van der Waals surface area contributed by atoms with Crippen molar-refractivity contribution in [2.75, 3.05) is 6.54 Å². The number of rotatable bonds is 21. The summed E-state index contributed by atoms with van der Waals surface area (Å²) >= 11 is 0. The number of hydrogen-bond donors (Lipinski definition) is 10. The molecule has 0 saturated carbocycles. The SMILES string of the molecule is C[C@H](NC(=O)[C@H](Cc1ccc(O)cc1)NC(=O)[C@H](CCC(N)=O)NC(=O)[C@@H]1CCCN1C(=O)[C@@H](N)CCC(N)=O)C(=O)N[C@@H](CCC(N)=O)C(=O)O. The zero-order valence-electron chi connectivity index (χ0n) is 28.7. The van der Waals surface area contributed by atoms with Crippen LogP contribution in [0.5, 0.6) is 5.75 Å². The van der Waals surface area contributed by atoms with Crippen molar-refractivity contribution in [1.29, 1.82) is 0 Å². The topological polar surface area (TPSA) is 350 Å². The molecule has 2 rings (SSSR count). The predicted molar refractivity (Wildman–Crippen MR) is 181 cm³/mol. The van der Waals surface area contributed by atoms with Gasteiger partial charge in [-0.25, -0.2) is 4.79 Å². The minimum absolute atomic E-state index is 0.0388. The molecular weight excluding hydrogens is 686 g/mol. The van der Waals surface area contributed by atoms with Crippen LogP contribution in [0.15, 0.2) is 24.3 Å². The number of nitrogens with two attached hydrogens (primary N) is 4. The molecule has 1 heterocycles. The Morgan fingerprint density at radius 3 is 1.83 bits per heavy atom. The molecule has 52 heavy (non-hydrogen) atoms. The first-order valence-corrected chi connectivity index (χ1v) is 16.5. The zero-order valence-corrected chi connectivity index (χ0v) is 28.7. The number of likely N-dealkylation sites (tertiary alicyclic amines) is 1. The number of carboxylic acid groups (broad SMARTS) is 1. The van der Waals surface area contributed by atoms with Crippen molar-refractivity contribution in [2.24, 2.45) is 22.9 Å². The van der Waals surface area contributed by atoms with E-state index in [1.807, 2.05) is 0 Å². The second-order valence-corrected chi connectivity index (χ2v) is 12.4. The highest BCUT2D eigenvalue weighted by atomic mass is 16.4. The number of aromatic hydroxyl groups is 1. The largest absolute Gasteiger partial charge is 0.508 e. The van der Waals surface area contributed by atoms with Crippen LogP contribution >= 0.6 is 0 Å². The van der Waals surface area contributed by atoms with Gasteiger partial charge in [0.2, 0.25) is 47.3 Å². The average molecular weight is 734 g/mol. The van der Waals surface area contributed by atoms with Crippen LogP contribution in [-0.2, 0) is 49.6 Å². The van der Waals surface area contributed by atoms with Crippen molar-refractivity contribution < 1.29 is 53.4 Å². The zero-order chi connectivity index (χ0) is 39.1. The number of primary amides is 3. The number of nitrogens with zero attached hydrogens (tertiary/aromatic N) is 1. The van der Waals surface area contributed by atoms with Gasteiger partial charge in [-0.3, -0.25) is 38.4 Å². The lowest BCUT2D eigenvalue weighted by Crippen LogP contribution is -2.59. The van der Waals surface area contributed by atoms with Gasteiger partial charge < -0.3 is 59.3 Å². The maximum absolute atomic E-state index is 13.7. The summed E-state index contributed by atoms with van der Waals surface area (Å²) in [5, 5.41) is 28.8. The van der Waals surface area contributed by atoms with Gasteiger partial charge in [-0.05, 0) is 56.7 Å². The third-order valence-electron chi connectivity index (χ3n) is 8.23. The minimum Gasteiger partial charge on any atom is -0.508 e. The highest BCUT2D eigenvalue weighted by molar-refractivity contribution is 5.97. The smallest absolute Gasteiger partial charge is 0.326 e. The molecule has 0 radical (unpaired) electrons. The fourth-order valence-corrected chi connectivity index (χ4v) is 5.33. The molecule has 14 N–H and O–H groups in total. The molecule has 1 aromatic rings. The highest BCUT2D eigenvalue weighted by Gasteiger charge is 2.38. The van der Waals surface area contributed by atoms with E-state index in [-0.39, 0.29) is 63.7 Å². The van der Waals surface area contributed by atoms with Crippen molar-refractivity contribution in [3.8, 4) is 5.75 Å².